The first-order valence-corrected chi connectivity index (χ1v) is 13.1. The molecule has 2 aromatic carbocycles. The number of aromatic nitrogens is 1. The number of hydrogen-bond donors (Lipinski definition) is 0. The quantitative estimate of drug-likeness (QED) is 0.205. The summed E-state index contributed by atoms with van der Waals surface area (Å²) in [6, 6.07) is 23.3. The fraction of sp³-hybridized carbons (Fsp3) is 0.290. The Morgan fingerprint density at radius 2 is 1.69 bits per heavy atom. The van der Waals surface area contributed by atoms with Crippen molar-refractivity contribution in [2.45, 2.75) is 33.0 Å². The molecule has 39 heavy (non-hydrogen) atoms. The number of benzene rings is 2. The van der Waals surface area contributed by atoms with Crippen molar-refractivity contribution in [3.63, 3.8) is 0 Å². The minimum atomic E-state index is -0.329. The summed E-state index contributed by atoms with van der Waals surface area (Å²) in [4.78, 5) is 30.2. The lowest BCUT2D eigenvalue weighted by molar-refractivity contribution is -0.133. The number of halogens is 1. The van der Waals surface area contributed by atoms with Gasteiger partial charge < -0.3 is 23.5 Å². The summed E-state index contributed by atoms with van der Waals surface area (Å²) in [5.74, 6) is -0.586. The van der Waals surface area contributed by atoms with Gasteiger partial charge in [0.25, 0.3) is 5.91 Å². The van der Waals surface area contributed by atoms with Crippen molar-refractivity contribution in [2.24, 2.45) is 0 Å². The summed E-state index contributed by atoms with van der Waals surface area (Å²) in [6.45, 7) is 4.58. The summed E-state index contributed by atoms with van der Waals surface area (Å²) < 4.78 is 26.2. The number of carbonyl (C=O) groups excluding carboxylic acids is 2. The Hall–Kier alpha value is -4.17. The lowest BCUT2D eigenvalue weighted by Crippen LogP contribution is -2.43. The predicted octanol–water partition coefficient (Wildman–Crippen LogP) is 5.37. The topological polar surface area (TPSA) is 67.9 Å². The summed E-state index contributed by atoms with van der Waals surface area (Å²) in [7, 11) is 0. The highest BCUT2D eigenvalue weighted by molar-refractivity contribution is 5.94. The van der Waals surface area contributed by atoms with Gasteiger partial charge >= 0.3 is 0 Å². The van der Waals surface area contributed by atoms with Crippen LogP contribution in [0.3, 0.4) is 0 Å². The maximum atomic E-state index is 13.8. The highest BCUT2D eigenvalue weighted by atomic mass is 19.1. The second-order valence-electron chi connectivity index (χ2n) is 9.24. The van der Waals surface area contributed by atoms with Crippen molar-refractivity contribution in [3.8, 4) is 0 Å². The Balaban J connectivity index is 1.53. The molecule has 0 aliphatic rings. The third kappa shape index (κ3) is 8.15. The average molecular weight is 532 g/mol. The van der Waals surface area contributed by atoms with Crippen LogP contribution < -0.4 is 0 Å². The first-order valence-electron chi connectivity index (χ1n) is 13.1. The molecular weight excluding hydrogens is 497 g/mol. The first-order chi connectivity index (χ1) is 19.0. The van der Waals surface area contributed by atoms with Crippen LogP contribution in [0.25, 0.3) is 0 Å². The standard InChI is InChI=1S/C31H34FN3O4/c1-2-38-19-8-18-34(31(37)29-12-7-20-39-29)24-30(36)35(22-25-9-4-3-5-10-25)23-28-11-6-17-33(28)21-26-13-15-27(32)16-14-26/h3-7,9-17,20H,2,8,18-19,21-24H2,1H3. The van der Waals surface area contributed by atoms with E-state index in [0.29, 0.717) is 45.8 Å². The lowest BCUT2D eigenvalue weighted by Gasteiger charge is -2.28. The van der Waals surface area contributed by atoms with Gasteiger partial charge in [0.1, 0.15) is 12.4 Å². The average Bonchev–Trinajstić information content (AvgIpc) is 3.64. The van der Waals surface area contributed by atoms with Gasteiger partial charge in [-0.05, 0) is 60.9 Å². The van der Waals surface area contributed by atoms with Crippen LogP contribution in [0.4, 0.5) is 4.39 Å². The lowest BCUT2D eigenvalue weighted by atomic mass is 10.2. The molecule has 0 bridgehead atoms. The summed E-state index contributed by atoms with van der Waals surface area (Å²) in [5, 5.41) is 0. The van der Waals surface area contributed by atoms with Gasteiger partial charge in [0, 0.05) is 44.7 Å². The second-order valence-corrected chi connectivity index (χ2v) is 9.24. The Morgan fingerprint density at radius 1 is 0.897 bits per heavy atom. The van der Waals surface area contributed by atoms with E-state index >= 15 is 0 Å². The molecule has 2 amide bonds. The molecule has 2 heterocycles. The molecule has 0 fully saturated rings. The van der Waals surface area contributed by atoms with E-state index in [-0.39, 0.29) is 29.9 Å². The van der Waals surface area contributed by atoms with Crippen LogP contribution in [0.2, 0.25) is 0 Å². The smallest absolute Gasteiger partial charge is 0.290 e. The molecule has 0 spiro atoms. The molecule has 0 saturated carbocycles. The molecule has 204 valence electrons. The van der Waals surface area contributed by atoms with E-state index in [1.165, 1.54) is 23.3 Å². The molecule has 0 aliphatic heterocycles. The Kier molecular flexibility index (Phi) is 10.1. The Labute approximate surface area is 228 Å². The first kappa shape index (κ1) is 27.9. The summed E-state index contributed by atoms with van der Waals surface area (Å²) in [5.41, 5.74) is 2.88. The van der Waals surface area contributed by atoms with Gasteiger partial charge in [-0.15, -0.1) is 0 Å². The largest absolute Gasteiger partial charge is 0.459 e. The van der Waals surface area contributed by atoms with Gasteiger partial charge in [-0.3, -0.25) is 9.59 Å². The molecule has 0 aliphatic carbocycles. The summed E-state index contributed by atoms with van der Waals surface area (Å²) >= 11 is 0. The van der Waals surface area contributed by atoms with Crippen LogP contribution in [0.15, 0.2) is 95.7 Å². The molecule has 0 atom stereocenters. The Morgan fingerprint density at radius 3 is 2.41 bits per heavy atom. The molecule has 4 aromatic rings. The van der Waals surface area contributed by atoms with Gasteiger partial charge in [-0.25, -0.2) is 4.39 Å². The van der Waals surface area contributed by atoms with E-state index in [2.05, 4.69) is 0 Å². The number of furan rings is 1. The molecule has 0 N–H and O–H groups in total. The third-order valence-electron chi connectivity index (χ3n) is 6.38. The zero-order valence-electron chi connectivity index (χ0n) is 22.2. The molecule has 0 saturated heterocycles. The second kappa shape index (κ2) is 14.1. The molecule has 4 rings (SSSR count). The van der Waals surface area contributed by atoms with Crippen LogP contribution >= 0.6 is 0 Å². The van der Waals surface area contributed by atoms with Crippen LogP contribution in [0.5, 0.6) is 0 Å². The molecule has 0 unspecified atom stereocenters. The zero-order chi connectivity index (χ0) is 27.5. The van der Waals surface area contributed by atoms with Gasteiger partial charge in [-0.2, -0.15) is 0 Å². The van der Waals surface area contributed by atoms with Gasteiger partial charge in [-0.1, -0.05) is 42.5 Å². The molecule has 2 aromatic heterocycles. The van der Waals surface area contributed by atoms with Crippen molar-refractivity contribution in [2.75, 3.05) is 26.3 Å². The minimum Gasteiger partial charge on any atom is -0.459 e. The van der Waals surface area contributed by atoms with Crippen LogP contribution in [0, 0.1) is 5.82 Å². The van der Waals surface area contributed by atoms with Gasteiger partial charge in [0.2, 0.25) is 5.91 Å². The van der Waals surface area contributed by atoms with Crippen LogP contribution in [0.1, 0.15) is 40.7 Å². The number of amides is 2. The number of hydrogen-bond acceptors (Lipinski definition) is 4. The van der Waals surface area contributed by atoms with E-state index in [1.807, 2.05) is 60.2 Å². The predicted molar refractivity (Wildman–Crippen MR) is 146 cm³/mol. The van der Waals surface area contributed by atoms with E-state index in [9.17, 15) is 14.0 Å². The van der Waals surface area contributed by atoms with Crippen molar-refractivity contribution in [1.29, 1.82) is 0 Å². The normalized spacial score (nSPS) is 10.9. The van der Waals surface area contributed by atoms with Crippen LogP contribution in [-0.4, -0.2) is 52.5 Å². The van der Waals surface area contributed by atoms with Crippen LogP contribution in [-0.2, 0) is 29.2 Å². The molecule has 0 radical (unpaired) electrons. The molecule has 8 heteroatoms. The SMILES string of the molecule is CCOCCCN(CC(=O)N(Cc1ccccc1)Cc1cccn1Cc1ccc(F)cc1)C(=O)c1ccco1. The Bertz CT molecular complexity index is 1300. The number of rotatable bonds is 14. The third-order valence-corrected chi connectivity index (χ3v) is 6.38. The number of carbonyl (C=O) groups is 2. The van der Waals surface area contributed by atoms with Crippen molar-refractivity contribution < 1.29 is 23.1 Å². The van der Waals surface area contributed by atoms with E-state index < -0.39 is 0 Å². The molecular formula is C31H34FN3O4. The zero-order valence-corrected chi connectivity index (χ0v) is 22.2. The minimum absolute atomic E-state index is 0.0861. The van der Waals surface area contributed by atoms with Crippen molar-refractivity contribution >= 4 is 11.8 Å². The highest BCUT2D eigenvalue weighted by Gasteiger charge is 2.24. The summed E-state index contributed by atoms with van der Waals surface area (Å²) in [6.07, 6.45) is 4.00. The van der Waals surface area contributed by atoms with E-state index in [0.717, 1.165) is 16.8 Å². The molecule has 7 nitrogen and oxygen atoms in total. The van der Waals surface area contributed by atoms with Gasteiger partial charge in [0.15, 0.2) is 5.76 Å². The maximum Gasteiger partial charge on any atom is 0.290 e. The monoisotopic (exact) mass is 531 g/mol. The van der Waals surface area contributed by atoms with Crippen molar-refractivity contribution in [3.05, 3.63) is 120 Å². The maximum absolute atomic E-state index is 13.8. The number of ether oxygens (including phenoxy) is 1. The fourth-order valence-electron chi connectivity index (χ4n) is 4.34. The van der Waals surface area contributed by atoms with E-state index in [1.54, 1.807) is 29.2 Å². The van der Waals surface area contributed by atoms with Crippen molar-refractivity contribution in [1.82, 2.24) is 14.4 Å². The highest BCUT2D eigenvalue weighted by Crippen LogP contribution is 2.16. The number of nitrogens with zero attached hydrogens (tertiary/aromatic N) is 3. The van der Waals surface area contributed by atoms with Gasteiger partial charge in [0.05, 0.1) is 12.8 Å². The van der Waals surface area contributed by atoms with E-state index in [4.69, 9.17) is 9.15 Å². The fourth-order valence-corrected chi connectivity index (χ4v) is 4.34.